The molecule has 0 unspecified atom stereocenters. The van der Waals surface area contributed by atoms with E-state index in [0.717, 1.165) is 38.0 Å². The average molecular weight is 340 g/mol. The zero-order valence-electron chi connectivity index (χ0n) is 13.9. The highest BCUT2D eigenvalue weighted by atomic mass is 35.5. The summed E-state index contributed by atoms with van der Waals surface area (Å²) in [5, 5.41) is 0. The van der Waals surface area contributed by atoms with Crippen molar-refractivity contribution in [1.29, 1.82) is 0 Å². The highest BCUT2D eigenvalue weighted by Crippen LogP contribution is 2.36. The Morgan fingerprint density at radius 2 is 1.78 bits per heavy atom. The zero-order chi connectivity index (χ0) is 16.0. The molecule has 0 radical (unpaired) electrons. The number of esters is 1. The lowest BCUT2D eigenvalue weighted by Crippen LogP contribution is -2.48. The molecule has 0 aromatic heterocycles. The summed E-state index contributed by atoms with van der Waals surface area (Å²) in [4.78, 5) is 26.0. The van der Waals surface area contributed by atoms with Crippen LogP contribution in [0.25, 0.3) is 0 Å². The molecule has 5 heteroatoms. The number of rotatable bonds is 6. The lowest BCUT2D eigenvalue weighted by molar-refractivity contribution is -0.152. The summed E-state index contributed by atoms with van der Waals surface area (Å²) in [5.74, 6) is 0.0951. The second kappa shape index (κ2) is 9.04. The Morgan fingerprint density at radius 1 is 1.17 bits per heavy atom. The van der Waals surface area contributed by atoms with E-state index in [1.54, 1.807) is 6.92 Å². The molecule has 1 aromatic carbocycles. The second-order valence-electron chi connectivity index (χ2n) is 5.96. The van der Waals surface area contributed by atoms with Gasteiger partial charge in [0, 0.05) is 13.0 Å². The fourth-order valence-corrected chi connectivity index (χ4v) is 3.11. The first-order valence-corrected chi connectivity index (χ1v) is 8.03. The van der Waals surface area contributed by atoms with Crippen molar-refractivity contribution in [2.45, 2.75) is 38.5 Å². The molecule has 0 amide bonds. The SMILES string of the molecule is CCOC(=O)C1(c2ccccc2)CCN(CCC(C)=O)CC1.Cl. The predicted molar refractivity (Wildman–Crippen MR) is 93.0 cm³/mol. The molecule has 0 aliphatic carbocycles. The lowest BCUT2D eigenvalue weighted by atomic mass is 9.72. The second-order valence-corrected chi connectivity index (χ2v) is 5.96. The van der Waals surface area contributed by atoms with Crippen LogP contribution in [0.5, 0.6) is 0 Å². The first-order chi connectivity index (χ1) is 10.6. The lowest BCUT2D eigenvalue weighted by Gasteiger charge is -2.40. The van der Waals surface area contributed by atoms with Crippen LogP contribution < -0.4 is 0 Å². The molecule has 1 fully saturated rings. The van der Waals surface area contributed by atoms with Gasteiger partial charge in [-0.25, -0.2) is 0 Å². The minimum absolute atomic E-state index is 0. The van der Waals surface area contributed by atoms with E-state index in [1.165, 1.54) is 0 Å². The van der Waals surface area contributed by atoms with Crippen molar-refractivity contribution < 1.29 is 14.3 Å². The largest absolute Gasteiger partial charge is 0.465 e. The van der Waals surface area contributed by atoms with E-state index in [4.69, 9.17) is 4.74 Å². The Kier molecular flexibility index (Phi) is 7.73. The summed E-state index contributed by atoms with van der Waals surface area (Å²) in [6.07, 6.45) is 2.07. The van der Waals surface area contributed by atoms with E-state index in [0.29, 0.717) is 13.0 Å². The first-order valence-electron chi connectivity index (χ1n) is 8.03. The molecule has 1 heterocycles. The van der Waals surface area contributed by atoms with Gasteiger partial charge in [-0.15, -0.1) is 12.4 Å². The van der Waals surface area contributed by atoms with Crippen LogP contribution in [0.2, 0.25) is 0 Å². The molecule has 0 spiro atoms. The van der Waals surface area contributed by atoms with Gasteiger partial charge in [-0.2, -0.15) is 0 Å². The maximum Gasteiger partial charge on any atom is 0.316 e. The number of hydrogen-bond donors (Lipinski definition) is 0. The zero-order valence-corrected chi connectivity index (χ0v) is 14.7. The van der Waals surface area contributed by atoms with Crippen LogP contribution in [0.1, 0.15) is 38.7 Å². The molecule has 128 valence electrons. The van der Waals surface area contributed by atoms with E-state index in [-0.39, 0.29) is 24.2 Å². The van der Waals surface area contributed by atoms with E-state index >= 15 is 0 Å². The summed E-state index contributed by atoms with van der Waals surface area (Å²) < 4.78 is 5.36. The van der Waals surface area contributed by atoms with Crippen molar-refractivity contribution in [1.82, 2.24) is 4.90 Å². The van der Waals surface area contributed by atoms with Crippen molar-refractivity contribution >= 4 is 24.2 Å². The Balaban J connectivity index is 0.00000264. The van der Waals surface area contributed by atoms with Gasteiger partial charge < -0.3 is 9.64 Å². The minimum atomic E-state index is -0.538. The number of Topliss-reactive ketones (excluding diaryl/α,β-unsaturated/α-hetero) is 1. The fraction of sp³-hybridized carbons (Fsp3) is 0.556. The maximum atomic E-state index is 12.6. The number of likely N-dealkylation sites (tertiary alicyclic amines) is 1. The van der Waals surface area contributed by atoms with Gasteiger partial charge in [0.05, 0.1) is 12.0 Å². The molecule has 2 rings (SSSR count). The molecule has 1 aliphatic rings. The van der Waals surface area contributed by atoms with Gasteiger partial charge in [0.2, 0.25) is 0 Å². The van der Waals surface area contributed by atoms with Crippen LogP contribution in [0.15, 0.2) is 30.3 Å². The molecule has 4 nitrogen and oxygen atoms in total. The van der Waals surface area contributed by atoms with Gasteiger partial charge in [-0.1, -0.05) is 30.3 Å². The maximum absolute atomic E-state index is 12.6. The Bertz CT molecular complexity index is 510. The normalized spacial score (nSPS) is 17.1. The molecule has 1 aliphatic heterocycles. The Hall–Kier alpha value is -1.39. The molecule has 0 saturated carbocycles. The number of carbonyl (C=O) groups is 2. The van der Waals surface area contributed by atoms with Crippen molar-refractivity contribution in [2.24, 2.45) is 0 Å². The van der Waals surface area contributed by atoms with Gasteiger partial charge in [0.1, 0.15) is 5.78 Å². The third kappa shape index (κ3) is 4.79. The summed E-state index contributed by atoms with van der Waals surface area (Å²) in [7, 11) is 0. The molecule has 1 saturated heterocycles. The number of nitrogens with zero attached hydrogens (tertiary/aromatic N) is 1. The quantitative estimate of drug-likeness (QED) is 0.747. The number of hydrogen-bond acceptors (Lipinski definition) is 4. The number of ketones is 1. The standard InChI is InChI=1S/C18H25NO3.ClH/c1-3-22-17(21)18(16-7-5-4-6-8-16)10-13-19(14-11-18)12-9-15(2)20;/h4-8H,3,9-14H2,1-2H3;1H. The number of piperidine rings is 1. The van der Waals surface area contributed by atoms with Crippen LogP contribution >= 0.6 is 12.4 Å². The average Bonchev–Trinajstić information content (AvgIpc) is 2.54. The fourth-order valence-electron chi connectivity index (χ4n) is 3.11. The van der Waals surface area contributed by atoms with Crippen molar-refractivity contribution in [2.75, 3.05) is 26.2 Å². The third-order valence-corrected chi connectivity index (χ3v) is 4.48. The van der Waals surface area contributed by atoms with Crippen LogP contribution in [0.4, 0.5) is 0 Å². The summed E-state index contributed by atoms with van der Waals surface area (Å²) in [5.41, 5.74) is 0.504. The van der Waals surface area contributed by atoms with Crippen LogP contribution in [-0.2, 0) is 19.7 Å². The number of ether oxygens (including phenoxy) is 1. The van der Waals surface area contributed by atoms with E-state index < -0.39 is 5.41 Å². The summed E-state index contributed by atoms with van der Waals surface area (Å²) >= 11 is 0. The topological polar surface area (TPSA) is 46.6 Å². The number of benzene rings is 1. The van der Waals surface area contributed by atoms with E-state index in [2.05, 4.69) is 4.90 Å². The van der Waals surface area contributed by atoms with Crippen LogP contribution in [0, 0.1) is 0 Å². The minimum Gasteiger partial charge on any atom is -0.465 e. The molecule has 1 aromatic rings. The molecule has 0 bridgehead atoms. The van der Waals surface area contributed by atoms with E-state index in [9.17, 15) is 9.59 Å². The first kappa shape index (κ1) is 19.7. The van der Waals surface area contributed by atoms with E-state index in [1.807, 2.05) is 37.3 Å². The molecule has 0 atom stereocenters. The summed E-state index contributed by atoms with van der Waals surface area (Å²) in [6.45, 7) is 6.29. The van der Waals surface area contributed by atoms with Crippen LogP contribution in [-0.4, -0.2) is 42.9 Å². The van der Waals surface area contributed by atoms with Crippen molar-refractivity contribution in [3.8, 4) is 0 Å². The van der Waals surface area contributed by atoms with Crippen molar-refractivity contribution in [3.63, 3.8) is 0 Å². The monoisotopic (exact) mass is 339 g/mol. The Morgan fingerprint density at radius 3 is 2.30 bits per heavy atom. The summed E-state index contributed by atoms with van der Waals surface area (Å²) in [6, 6.07) is 9.94. The molecule has 0 N–H and O–H groups in total. The third-order valence-electron chi connectivity index (χ3n) is 4.48. The highest BCUT2D eigenvalue weighted by Gasteiger charge is 2.43. The van der Waals surface area contributed by atoms with Gasteiger partial charge in [0.25, 0.3) is 0 Å². The van der Waals surface area contributed by atoms with Gasteiger partial charge >= 0.3 is 5.97 Å². The molecular formula is C18H26ClNO3. The van der Waals surface area contributed by atoms with Crippen molar-refractivity contribution in [3.05, 3.63) is 35.9 Å². The van der Waals surface area contributed by atoms with Gasteiger partial charge in [-0.05, 0) is 45.3 Å². The number of halogens is 1. The highest BCUT2D eigenvalue weighted by molar-refractivity contribution is 5.85. The van der Waals surface area contributed by atoms with Crippen LogP contribution in [0.3, 0.4) is 0 Å². The number of carbonyl (C=O) groups excluding carboxylic acids is 2. The van der Waals surface area contributed by atoms with Gasteiger partial charge in [0.15, 0.2) is 0 Å². The Labute approximate surface area is 144 Å². The molecule has 23 heavy (non-hydrogen) atoms. The smallest absolute Gasteiger partial charge is 0.316 e. The predicted octanol–water partition coefficient (Wildman–Crippen LogP) is 2.98. The molecular weight excluding hydrogens is 314 g/mol. The van der Waals surface area contributed by atoms with Gasteiger partial charge in [-0.3, -0.25) is 9.59 Å².